The van der Waals surface area contributed by atoms with Gasteiger partial charge in [-0.2, -0.15) is 0 Å². The number of nitrogens with zero attached hydrogens (tertiary/aromatic N) is 2. The predicted molar refractivity (Wildman–Crippen MR) is 65.6 cm³/mol. The number of hydrogen-bond donors (Lipinski definition) is 2. The number of carboxylic acid groups (broad SMARTS) is 1. The van der Waals surface area contributed by atoms with E-state index in [1.165, 1.54) is 23.2 Å². The van der Waals surface area contributed by atoms with Crippen LogP contribution in [0.3, 0.4) is 0 Å². The maximum atomic E-state index is 11.4. The molecule has 0 atom stereocenters. The number of imide groups is 1. The number of hydrogen-bond acceptors (Lipinski definition) is 5. The standard InChI is InChI=1S/C12H13N3O4/c16-9-3-4-10(17)15(9)7-6-14-11-8(12(18)19)2-1-5-13-11/h1-2,5H,3-4,6-7H2,(H,13,14)(H,18,19). The van der Waals surface area contributed by atoms with Gasteiger partial charge in [-0.05, 0) is 12.1 Å². The molecule has 2 amide bonds. The van der Waals surface area contributed by atoms with Gasteiger partial charge in [0.05, 0.1) is 0 Å². The van der Waals surface area contributed by atoms with Gasteiger partial charge in [0, 0.05) is 32.1 Å². The molecule has 1 saturated heterocycles. The van der Waals surface area contributed by atoms with Crippen LogP contribution >= 0.6 is 0 Å². The van der Waals surface area contributed by atoms with E-state index >= 15 is 0 Å². The molecule has 7 heteroatoms. The number of rotatable bonds is 5. The van der Waals surface area contributed by atoms with Crippen LogP contribution in [-0.2, 0) is 9.59 Å². The Kier molecular flexibility index (Phi) is 3.74. The Morgan fingerprint density at radius 1 is 1.37 bits per heavy atom. The van der Waals surface area contributed by atoms with Gasteiger partial charge in [0.15, 0.2) is 0 Å². The number of nitrogens with one attached hydrogen (secondary N) is 1. The summed E-state index contributed by atoms with van der Waals surface area (Å²) >= 11 is 0. The number of aromatic carboxylic acids is 1. The number of pyridine rings is 1. The van der Waals surface area contributed by atoms with Gasteiger partial charge in [-0.1, -0.05) is 0 Å². The van der Waals surface area contributed by atoms with E-state index in [-0.39, 0.29) is 49.1 Å². The van der Waals surface area contributed by atoms with Crippen LogP contribution in [0.5, 0.6) is 0 Å². The van der Waals surface area contributed by atoms with Gasteiger partial charge < -0.3 is 10.4 Å². The fourth-order valence-electron chi connectivity index (χ4n) is 1.88. The lowest BCUT2D eigenvalue weighted by atomic mass is 10.2. The molecule has 1 aliphatic heterocycles. The molecule has 19 heavy (non-hydrogen) atoms. The van der Waals surface area contributed by atoms with Crippen LogP contribution in [0.4, 0.5) is 5.82 Å². The molecular weight excluding hydrogens is 250 g/mol. The molecule has 0 bridgehead atoms. The Morgan fingerprint density at radius 3 is 2.68 bits per heavy atom. The topological polar surface area (TPSA) is 99.6 Å². The monoisotopic (exact) mass is 263 g/mol. The van der Waals surface area contributed by atoms with Crippen molar-refractivity contribution in [2.24, 2.45) is 0 Å². The van der Waals surface area contributed by atoms with Crippen molar-refractivity contribution in [2.75, 3.05) is 18.4 Å². The lowest BCUT2D eigenvalue weighted by Crippen LogP contribution is -2.33. The van der Waals surface area contributed by atoms with Gasteiger partial charge in [0.1, 0.15) is 11.4 Å². The predicted octanol–water partition coefficient (Wildman–Crippen LogP) is 0.341. The van der Waals surface area contributed by atoms with Crippen LogP contribution in [0.1, 0.15) is 23.2 Å². The highest BCUT2D eigenvalue weighted by molar-refractivity contribution is 6.02. The highest BCUT2D eigenvalue weighted by Gasteiger charge is 2.28. The van der Waals surface area contributed by atoms with E-state index in [0.29, 0.717) is 0 Å². The number of carbonyl (C=O) groups is 3. The van der Waals surface area contributed by atoms with Crippen molar-refractivity contribution in [3.8, 4) is 0 Å². The third-order valence-electron chi connectivity index (χ3n) is 2.82. The zero-order chi connectivity index (χ0) is 13.8. The van der Waals surface area contributed by atoms with Gasteiger partial charge in [0.25, 0.3) is 0 Å². The Hall–Kier alpha value is -2.44. The van der Waals surface area contributed by atoms with Crippen LogP contribution in [0.25, 0.3) is 0 Å². The van der Waals surface area contributed by atoms with Crippen LogP contribution in [0.2, 0.25) is 0 Å². The fourth-order valence-corrected chi connectivity index (χ4v) is 1.88. The molecular formula is C12H13N3O4. The Bertz CT molecular complexity index is 513. The average molecular weight is 263 g/mol. The maximum Gasteiger partial charge on any atom is 0.339 e. The first-order chi connectivity index (χ1) is 9.09. The van der Waals surface area contributed by atoms with E-state index in [1.807, 2.05) is 0 Å². The maximum absolute atomic E-state index is 11.4. The van der Waals surface area contributed by atoms with E-state index in [2.05, 4.69) is 10.3 Å². The fraction of sp³-hybridized carbons (Fsp3) is 0.333. The van der Waals surface area contributed by atoms with Crippen LogP contribution in [0.15, 0.2) is 18.3 Å². The molecule has 0 unspecified atom stereocenters. The van der Waals surface area contributed by atoms with Crippen molar-refractivity contribution in [3.05, 3.63) is 23.9 Å². The SMILES string of the molecule is O=C(O)c1cccnc1NCCN1C(=O)CCC1=O. The molecule has 0 saturated carbocycles. The van der Waals surface area contributed by atoms with Gasteiger partial charge >= 0.3 is 5.97 Å². The normalized spacial score (nSPS) is 14.8. The number of carboxylic acids is 1. The van der Waals surface area contributed by atoms with Crippen molar-refractivity contribution in [1.29, 1.82) is 0 Å². The molecule has 1 aromatic heterocycles. The van der Waals surface area contributed by atoms with Crippen molar-refractivity contribution >= 4 is 23.6 Å². The van der Waals surface area contributed by atoms with Crippen LogP contribution < -0.4 is 5.32 Å². The summed E-state index contributed by atoms with van der Waals surface area (Å²) in [6, 6.07) is 2.96. The largest absolute Gasteiger partial charge is 0.478 e. The Balaban J connectivity index is 1.94. The summed E-state index contributed by atoms with van der Waals surface area (Å²) < 4.78 is 0. The molecule has 0 aromatic carbocycles. The smallest absolute Gasteiger partial charge is 0.339 e. The summed E-state index contributed by atoms with van der Waals surface area (Å²) in [6.45, 7) is 0.488. The molecule has 1 aromatic rings. The molecule has 0 aliphatic carbocycles. The summed E-state index contributed by atoms with van der Waals surface area (Å²) in [4.78, 5) is 38.8. The highest BCUT2D eigenvalue weighted by Crippen LogP contribution is 2.13. The third-order valence-corrected chi connectivity index (χ3v) is 2.82. The second kappa shape index (κ2) is 5.47. The summed E-state index contributed by atoms with van der Waals surface area (Å²) in [6.07, 6.45) is 1.98. The summed E-state index contributed by atoms with van der Waals surface area (Å²) in [7, 11) is 0. The second-order valence-corrected chi connectivity index (χ2v) is 4.07. The zero-order valence-electron chi connectivity index (χ0n) is 10.1. The summed E-state index contributed by atoms with van der Waals surface area (Å²) in [5, 5.41) is 11.8. The second-order valence-electron chi connectivity index (χ2n) is 4.07. The number of likely N-dealkylation sites (tertiary alicyclic amines) is 1. The van der Waals surface area contributed by atoms with E-state index in [4.69, 9.17) is 5.11 Å². The van der Waals surface area contributed by atoms with E-state index in [1.54, 1.807) is 0 Å². The minimum atomic E-state index is -1.08. The van der Waals surface area contributed by atoms with Crippen molar-refractivity contribution in [1.82, 2.24) is 9.88 Å². The summed E-state index contributed by atoms with van der Waals surface area (Å²) in [5.74, 6) is -1.23. The van der Waals surface area contributed by atoms with E-state index < -0.39 is 5.97 Å². The summed E-state index contributed by atoms with van der Waals surface area (Å²) in [5.41, 5.74) is 0.0570. The number of aromatic nitrogens is 1. The number of anilines is 1. The van der Waals surface area contributed by atoms with Crippen molar-refractivity contribution in [2.45, 2.75) is 12.8 Å². The highest BCUT2D eigenvalue weighted by atomic mass is 16.4. The molecule has 1 aliphatic rings. The molecule has 0 spiro atoms. The lowest BCUT2D eigenvalue weighted by molar-refractivity contribution is -0.138. The van der Waals surface area contributed by atoms with Gasteiger partial charge in [0.2, 0.25) is 11.8 Å². The first-order valence-corrected chi connectivity index (χ1v) is 5.85. The van der Waals surface area contributed by atoms with Crippen molar-refractivity contribution in [3.63, 3.8) is 0 Å². The van der Waals surface area contributed by atoms with Crippen molar-refractivity contribution < 1.29 is 19.5 Å². The molecule has 2 N–H and O–H groups in total. The van der Waals surface area contributed by atoms with E-state index in [9.17, 15) is 14.4 Å². The number of carbonyl (C=O) groups excluding carboxylic acids is 2. The molecule has 100 valence electrons. The molecule has 2 heterocycles. The quantitative estimate of drug-likeness (QED) is 0.743. The van der Waals surface area contributed by atoms with Crippen LogP contribution in [0, 0.1) is 0 Å². The average Bonchev–Trinajstić information content (AvgIpc) is 2.70. The van der Waals surface area contributed by atoms with Gasteiger partial charge in [-0.25, -0.2) is 9.78 Å². The minimum absolute atomic E-state index is 0.0570. The molecule has 0 radical (unpaired) electrons. The van der Waals surface area contributed by atoms with Gasteiger partial charge in [-0.15, -0.1) is 0 Å². The Labute approximate surface area is 109 Å². The van der Waals surface area contributed by atoms with Gasteiger partial charge in [-0.3, -0.25) is 14.5 Å². The molecule has 1 fully saturated rings. The zero-order valence-corrected chi connectivity index (χ0v) is 10.1. The first-order valence-electron chi connectivity index (χ1n) is 5.85. The third kappa shape index (κ3) is 2.87. The molecule has 7 nitrogen and oxygen atoms in total. The lowest BCUT2D eigenvalue weighted by Gasteiger charge is -2.14. The van der Waals surface area contributed by atoms with Crippen LogP contribution in [-0.4, -0.2) is 45.9 Å². The first kappa shape index (κ1) is 13.0. The Morgan fingerprint density at radius 2 is 2.05 bits per heavy atom. The van der Waals surface area contributed by atoms with E-state index in [0.717, 1.165) is 0 Å². The minimum Gasteiger partial charge on any atom is -0.478 e. The molecule has 2 rings (SSSR count). The number of amides is 2.